The molecular weight excluding hydrogens is 224 g/mol. The van der Waals surface area contributed by atoms with E-state index in [4.69, 9.17) is 0 Å². The molecular formula is C10H13BrMg. The van der Waals surface area contributed by atoms with Crippen LogP contribution in [0.4, 0.5) is 0 Å². The van der Waals surface area contributed by atoms with E-state index in [1.165, 1.54) is 11.1 Å². The van der Waals surface area contributed by atoms with Crippen molar-refractivity contribution < 1.29 is 17.0 Å². The number of hydrogen-bond acceptors (Lipinski definition) is 0. The molecule has 0 spiro atoms. The van der Waals surface area contributed by atoms with E-state index >= 15 is 0 Å². The van der Waals surface area contributed by atoms with E-state index < -0.39 is 0 Å². The Kier molecular flexibility index (Phi) is 10.1. The van der Waals surface area contributed by atoms with Crippen molar-refractivity contribution in [1.29, 1.82) is 0 Å². The average Bonchev–Trinajstić information content (AvgIpc) is 1.95. The van der Waals surface area contributed by atoms with Crippen molar-refractivity contribution in [2.24, 2.45) is 0 Å². The van der Waals surface area contributed by atoms with Crippen molar-refractivity contribution in [2.75, 3.05) is 0 Å². The number of halogens is 1. The van der Waals surface area contributed by atoms with Crippen LogP contribution in [0.2, 0.25) is 0 Å². The van der Waals surface area contributed by atoms with E-state index in [1.807, 2.05) is 0 Å². The van der Waals surface area contributed by atoms with E-state index in [-0.39, 0.29) is 40.0 Å². The van der Waals surface area contributed by atoms with Gasteiger partial charge in [-0.3, -0.25) is 0 Å². The third-order valence-corrected chi connectivity index (χ3v) is 1.59. The fraction of sp³-hybridized carbons (Fsp3) is 0.300. The zero-order chi connectivity index (χ0) is 7.40. The molecule has 0 aliphatic heterocycles. The predicted octanol–water partition coefficient (Wildman–Crippen LogP) is -0.615. The maximum Gasteiger partial charge on any atom is 2.00 e. The third-order valence-electron chi connectivity index (χ3n) is 1.59. The SMILES string of the molecule is [Br-].[CH2-]CCc1ccc(C)cc1.[Mg+2]. The van der Waals surface area contributed by atoms with Gasteiger partial charge >= 0.3 is 23.1 Å². The molecule has 0 aromatic heterocycles. The van der Waals surface area contributed by atoms with Gasteiger partial charge in [-0.05, 0) is 6.92 Å². The quantitative estimate of drug-likeness (QED) is 0.475. The van der Waals surface area contributed by atoms with Crippen LogP contribution in [0.3, 0.4) is 0 Å². The first-order chi connectivity index (χ1) is 4.83. The van der Waals surface area contributed by atoms with Crippen molar-refractivity contribution in [1.82, 2.24) is 0 Å². The van der Waals surface area contributed by atoms with Crippen LogP contribution >= 0.6 is 0 Å². The van der Waals surface area contributed by atoms with Gasteiger partial charge in [-0.2, -0.15) is 6.42 Å². The first-order valence-corrected chi connectivity index (χ1v) is 3.67. The smallest absolute Gasteiger partial charge is 1.00 e. The summed E-state index contributed by atoms with van der Waals surface area (Å²) in [5.74, 6) is 0. The molecule has 0 radical (unpaired) electrons. The zero-order valence-electron chi connectivity index (χ0n) is 7.52. The van der Waals surface area contributed by atoms with E-state index in [0.717, 1.165) is 12.8 Å². The minimum atomic E-state index is 0. The van der Waals surface area contributed by atoms with Gasteiger partial charge in [-0.15, -0.1) is 0 Å². The van der Waals surface area contributed by atoms with Crippen molar-refractivity contribution in [3.05, 3.63) is 42.3 Å². The molecule has 0 atom stereocenters. The molecule has 0 fully saturated rings. The molecule has 0 saturated heterocycles. The van der Waals surface area contributed by atoms with Gasteiger partial charge < -0.3 is 23.9 Å². The molecule has 12 heavy (non-hydrogen) atoms. The molecule has 62 valence electrons. The van der Waals surface area contributed by atoms with E-state index in [1.54, 1.807) is 0 Å². The van der Waals surface area contributed by atoms with Gasteiger partial charge in [0.2, 0.25) is 0 Å². The molecule has 0 aliphatic carbocycles. The molecule has 0 unspecified atom stereocenters. The Balaban J connectivity index is 0. The van der Waals surface area contributed by atoms with Crippen LogP contribution in [0, 0.1) is 13.8 Å². The van der Waals surface area contributed by atoms with Gasteiger partial charge in [-0.25, -0.2) is 0 Å². The summed E-state index contributed by atoms with van der Waals surface area (Å²) < 4.78 is 0. The van der Waals surface area contributed by atoms with Crippen molar-refractivity contribution in [2.45, 2.75) is 19.8 Å². The van der Waals surface area contributed by atoms with Crippen molar-refractivity contribution in [3.8, 4) is 0 Å². The molecule has 1 aromatic rings. The van der Waals surface area contributed by atoms with Crippen molar-refractivity contribution >= 4 is 23.1 Å². The Bertz CT molecular complexity index is 193. The Morgan fingerprint density at radius 2 is 1.67 bits per heavy atom. The fourth-order valence-electron chi connectivity index (χ4n) is 0.959. The maximum atomic E-state index is 3.80. The average molecular weight is 237 g/mol. The van der Waals surface area contributed by atoms with Gasteiger partial charge in [0.25, 0.3) is 0 Å². The molecule has 0 N–H and O–H groups in total. The Hall–Kier alpha value is 0.466. The molecule has 0 nitrogen and oxygen atoms in total. The summed E-state index contributed by atoms with van der Waals surface area (Å²) in [5, 5.41) is 0. The summed E-state index contributed by atoms with van der Waals surface area (Å²) in [6, 6.07) is 8.62. The first-order valence-electron chi connectivity index (χ1n) is 3.67. The Labute approximate surface area is 102 Å². The predicted molar refractivity (Wildman–Crippen MR) is 50.6 cm³/mol. The molecule has 0 amide bonds. The van der Waals surface area contributed by atoms with Gasteiger partial charge in [0, 0.05) is 0 Å². The molecule has 0 bridgehead atoms. The maximum absolute atomic E-state index is 3.80. The summed E-state index contributed by atoms with van der Waals surface area (Å²) >= 11 is 0. The molecule has 0 aliphatic rings. The van der Waals surface area contributed by atoms with Crippen LogP contribution in [-0.2, 0) is 6.42 Å². The van der Waals surface area contributed by atoms with Gasteiger partial charge in [0.05, 0.1) is 0 Å². The van der Waals surface area contributed by atoms with Crippen LogP contribution in [-0.4, -0.2) is 23.1 Å². The number of benzene rings is 1. The third kappa shape index (κ3) is 5.17. The van der Waals surface area contributed by atoms with E-state index in [0.29, 0.717) is 0 Å². The van der Waals surface area contributed by atoms with Crippen LogP contribution in [0.1, 0.15) is 17.5 Å². The van der Waals surface area contributed by atoms with Crippen LogP contribution in [0.25, 0.3) is 0 Å². The normalized spacial score (nSPS) is 8.17. The summed E-state index contributed by atoms with van der Waals surface area (Å²) in [4.78, 5) is 0. The second-order valence-corrected chi connectivity index (χ2v) is 2.59. The standard InChI is InChI=1S/C10H13.BrH.Mg/c1-3-4-10-7-5-9(2)6-8-10;;/h5-8H,1,3-4H2,2H3;1H;/q-1;;+2/p-1. The molecule has 1 rings (SSSR count). The van der Waals surface area contributed by atoms with E-state index in [2.05, 4.69) is 38.1 Å². The van der Waals surface area contributed by atoms with Crippen LogP contribution < -0.4 is 17.0 Å². The van der Waals surface area contributed by atoms with Crippen LogP contribution in [0.15, 0.2) is 24.3 Å². The Morgan fingerprint density at radius 1 is 1.17 bits per heavy atom. The minimum Gasteiger partial charge on any atom is -1.00 e. The molecule has 1 aromatic carbocycles. The molecule has 0 heterocycles. The topological polar surface area (TPSA) is 0 Å². The van der Waals surface area contributed by atoms with Crippen LogP contribution in [0.5, 0.6) is 0 Å². The molecule has 0 saturated carbocycles. The first kappa shape index (κ1) is 15.0. The second kappa shape index (κ2) is 8.08. The largest absolute Gasteiger partial charge is 2.00 e. The van der Waals surface area contributed by atoms with Crippen molar-refractivity contribution in [3.63, 3.8) is 0 Å². The summed E-state index contributed by atoms with van der Waals surface area (Å²) in [6.45, 7) is 5.91. The Morgan fingerprint density at radius 3 is 2.08 bits per heavy atom. The number of hydrogen-bond donors (Lipinski definition) is 0. The minimum absolute atomic E-state index is 0. The second-order valence-electron chi connectivity index (χ2n) is 2.59. The fourth-order valence-corrected chi connectivity index (χ4v) is 0.959. The summed E-state index contributed by atoms with van der Waals surface area (Å²) in [6.07, 6.45) is 2.09. The number of rotatable bonds is 2. The molecule has 2 heteroatoms. The zero-order valence-corrected chi connectivity index (χ0v) is 10.5. The monoisotopic (exact) mass is 236 g/mol. The van der Waals surface area contributed by atoms with E-state index in [9.17, 15) is 0 Å². The number of aryl methyl sites for hydroxylation is 2. The van der Waals surface area contributed by atoms with Gasteiger partial charge in [0.1, 0.15) is 0 Å². The van der Waals surface area contributed by atoms with Gasteiger partial charge in [-0.1, -0.05) is 41.8 Å². The summed E-state index contributed by atoms with van der Waals surface area (Å²) in [7, 11) is 0. The summed E-state index contributed by atoms with van der Waals surface area (Å²) in [5.41, 5.74) is 2.72. The van der Waals surface area contributed by atoms with Gasteiger partial charge in [0.15, 0.2) is 0 Å².